The Balaban J connectivity index is 0.00000304. The molecule has 0 spiro atoms. The van der Waals surface area contributed by atoms with E-state index in [9.17, 15) is 9.59 Å². The fraction of sp³-hybridized carbons (Fsp3) is 0.385. The van der Waals surface area contributed by atoms with E-state index in [-0.39, 0.29) is 36.0 Å². The number of benzene rings is 1. The van der Waals surface area contributed by atoms with Gasteiger partial charge in [-0.15, -0.1) is 12.4 Å². The highest BCUT2D eigenvalue weighted by Crippen LogP contribution is 2.23. The number of halogens is 1. The van der Waals surface area contributed by atoms with Crippen LogP contribution in [-0.4, -0.2) is 79.8 Å². The summed E-state index contributed by atoms with van der Waals surface area (Å²) in [5.74, 6) is -0.0794. The number of pyridine rings is 1. The number of hydrogen-bond acceptors (Lipinski definition) is 6. The van der Waals surface area contributed by atoms with Crippen LogP contribution in [0.25, 0.3) is 5.69 Å². The number of rotatable bonds is 5. The highest BCUT2D eigenvalue weighted by Gasteiger charge is 2.33. The van der Waals surface area contributed by atoms with Crippen molar-refractivity contribution in [3.8, 4) is 5.69 Å². The van der Waals surface area contributed by atoms with Crippen molar-refractivity contribution in [2.24, 2.45) is 0 Å². The van der Waals surface area contributed by atoms with E-state index in [2.05, 4.69) is 28.6 Å². The number of fused-ring (bicyclic) bond motifs is 1. The molecule has 0 radical (unpaired) electrons. The van der Waals surface area contributed by atoms with Crippen LogP contribution in [0.4, 0.5) is 5.82 Å². The van der Waals surface area contributed by atoms with Crippen molar-refractivity contribution in [1.82, 2.24) is 24.6 Å². The maximum Gasteiger partial charge on any atom is 0.337 e. The van der Waals surface area contributed by atoms with Gasteiger partial charge in [0.25, 0.3) is 0 Å². The molecule has 5 rings (SSSR count). The summed E-state index contributed by atoms with van der Waals surface area (Å²) in [5, 5.41) is 13.8. The monoisotopic (exact) mass is 510 g/mol. The third kappa shape index (κ3) is 5.22. The van der Waals surface area contributed by atoms with Gasteiger partial charge in [0.2, 0.25) is 5.91 Å². The van der Waals surface area contributed by atoms with Crippen LogP contribution >= 0.6 is 12.4 Å². The first kappa shape index (κ1) is 25.7. The normalized spacial score (nSPS) is 19.9. The molecule has 1 N–H and O–H groups in total. The Morgan fingerprint density at radius 2 is 1.78 bits per heavy atom. The van der Waals surface area contributed by atoms with Crippen LogP contribution in [0.2, 0.25) is 0 Å². The van der Waals surface area contributed by atoms with Crippen molar-refractivity contribution < 1.29 is 14.7 Å². The van der Waals surface area contributed by atoms with Gasteiger partial charge in [-0.25, -0.2) is 14.5 Å². The summed E-state index contributed by atoms with van der Waals surface area (Å²) in [4.78, 5) is 35.1. The quantitative estimate of drug-likeness (QED) is 0.564. The molecule has 4 heterocycles. The number of para-hydroxylation sites is 1. The molecule has 1 aromatic carbocycles. The molecule has 3 aromatic rings. The molecular weight excluding hydrogens is 480 g/mol. The van der Waals surface area contributed by atoms with Gasteiger partial charge in [0.1, 0.15) is 5.82 Å². The second-order valence-corrected chi connectivity index (χ2v) is 9.43. The summed E-state index contributed by atoms with van der Waals surface area (Å²) in [6.45, 7) is 7.35. The van der Waals surface area contributed by atoms with Gasteiger partial charge in [-0.2, -0.15) is 5.10 Å². The minimum atomic E-state index is -0.980. The molecule has 0 unspecified atom stereocenters. The molecule has 2 atom stereocenters. The maximum atomic E-state index is 13.3. The molecular formula is C26H31ClN6O3. The van der Waals surface area contributed by atoms with E-state index in [4.69, 9.17) is 10.2 Å². The predicted molar refractivity (Wildman–Crippen MR) is 139 cm³/mol. The van der Waals surface area contributed by atoms with E-state index < -0.39 is 5.97 Å². The highest BCUT2D eigenvalue weighted by molar-refractivity contribution is 5.87. The van der Waals surface area contributed by atoms with Gasteiger partial charge in [0.05, 0.1) is 23.5 Å². The lowest BCUT2D eigenvalue weighted by Gasteiger charge is -2.45. The van der Waals surface area contributed by atoms with E-state index >= 15 is 0 Å². The zero-order chi connectivity index (χ0) is 24.5. The number of carbonyl (C=O) groups excluding carboxylic acids is 1. The van der Waals surface area contributed by atoms with Gasteiger partial charge in [-0.1, -0.05) is 18.2 Å². The molecule has 2 aliphatic rings. The molecule has 1 amide bonds. The zero-order valence-electron chi connectivity index (χ0n) is 20.4. The Morgan fingerprint density at radius 3 is 2.42 bits per heavy atom. The van der Waals surface area contributed by atoms with Crippen LogP contribution in [0.5, 0.6) is 0 Å². The largest absolute Gasteiger partial charge is 0.478 e. The van der Waals surface area contributed by atoms with Crippen LogP contribution in [0, 0.1) is 0 Å². The lowest BCUT2D eigenvalue weighted by molar-refractivity contribution is -0.134. The second-order valence-electron chi connectivity index (χ2n) is 9.43. The van der Waals surface area contributed by atoms with Crippen LogP contribution < -0.4 is 4.90 Å². The van der Waals surface area contributed by atoms with Gasteiger partial charge < -0.3 is 14.9 Å². The topological polar surface area (TPSA) is 94.8 Å². The van der Waals surface area contributed by atoms with Crippen LogP contribution in [0.1, 0.15) is 35.5 Å². The summed E-state index contributed by atoms with van der Waals surface area (Å²) in [6, 6.07) is 13.7. The molecule has 0 bridgehead atoms. The van der Waals surface area contributed by atoms with Crippen molar-refractivity contribution in [3.63, 3.8) is 0 Å². The summed E-state index contributed by atoms with van der Waals surface area (Å²) < 4.78 is 1.90. The third-order valence-corrected chi connectivity index (χ3v) is 6.97. The van der Waals surface area contributed by atoms with Crippen molar-refractivity contribution in [1.29, 1.82) is 0 Å². The number of hydrogen-bond donors (Lipinski definition) is 1. The van der Waals surface area contributed by atoms with E-state index in [1.807, 2.05) is 46.1 Å². The third-order valence-electron chi connectivity index (χ3n) is 6.97. The molecule has 0 aliphatic carbocycles. The Kier molecular flexibility index (Phi) is 7.61. The fourth-order valence-electron chi connectivity index (χ4n) is 5.05. The van der Waals surface area contributed by atoms with Crippen molar-refractivity contribution in [2.75, 3.05) is 31.1 Å². The van der Waals surface area contributed by atoms with Crippen LogP contribution in [-0.2, 0) is 17.8 Å². The van der Waals surface area contributed by atoms with Gasteiger partial charge in [-0.05, 0) is 38.1 Å². The summed E-state index contributed by atoms with van der Waals surface area (Å²) in [5.41, 5.74) is 3.37. The van der Waals surface area contributed by atoms with Gasteiger partial charge in [-0.3, -0.25) is 9.69 Å². The SMILES string of the molecule is C[C@@H]1CN(c2ccc(C(=O)O)cn2)C[C@H](C)N1CC(=O)N1CCc2nn(-c3ccccc3)cc2C1.Cl. The molecule has 9 nitrogen and oxygen atoms in total. The number of amides is 1. The average Bonchev–Trinajstić information content (AvgIpc) is 3.30. The first-order valence-corrected chi connectivity index (χ1v) is 12.0. The fourth-order valence-corrected chi connectivity index (χ4v) is 5.05. The Hall–Kier alpha value is -3.43. The molecule has 190 valence electrons. The standard InChI is InChI=1S/C26H30N6O3.ClH/c1-18-13-30(24-9-8-20(12-27-24)26(34)35)14-19(2)31(18)17-25(33)29-11-10-23-21(15-29)16-32(28-23)22-6-4-3-5-7-22;/h3-9,12,16,18-19H,10-11,13-15,17H2,1-2H3,(H,34,35);1H/t18-,19+;. The van der Waals surface area contributed by atoms with Crippen LogP contribution in [0.3, 0.4) is 0 Å². The smallest absolute Gasteiger partial charge is 0.337 e. The molecule has 2 aromatic heterocycles. The Morgan fingerprint density at radius 1 is 1.06 bits per heavy atom. The first-order chi connectivity index (χ1) is 16.9. The first-order valence-electron chi connectivity index (χ1n) is 12.0. The predicted octanol–water partition coefficient (Wildman–Crippen LogP) is 2.87. The maximum absolute atomic E-state index is 13.3. The molecule has 2 aliphatic heterocycles. The van der Waals surface area contributed by atoms with Crippen LogP contribution in [0.15, 0.2) is 54.9 Å². The molecule has 36 heavy (non-hydrogen) atoms. The zero-order valence-corrected chi connectivity index (χ0v) is 21.3. The van der Waals surface area contributed by atoms with Gasteiger partial charge in [0, 0.05) is 62.6 Å². The average molecular weight is 511 g/mol. The number of anilines is 1. The number of carboxylic acids is 1. The number of aromatic carboxylic acids is 1. The minimum Gasteiger partial charge on any atom is -0.478 e. The van der Waals surface area contributed by atoms with Gasteiger partial charge >= 0.3 is 5.97 Å². The lowest BCUT2D eigenvalue weighted by Crippen LogP contribution is -2.59. The van der Waals surface area contributed by atoms with Crippen molar-refractivity contribution in [2.45, 2.75) is 38.9 Å². The van der Waals surface area contributed by atoms with Crippen molar-refractivity contribution in [3.05, 3.63) is 71.7 Å². The molecule has 1 fully saturated rings. The minimum absolute atomic E-state index is 0. The van der Waals surface area contributed by atoms with E-state index in [0.29, 0.717) is 19.6 Å². The number of carbonyl (C=O) groups is 2. The lowest BCUT2D eigenvalue weighted by atomic mass is 10.1. The number of carboxylic acid groups (broad SMARTS) is 1. The summed E-state index contributed by atoms with van der Waals surface area (Å²) in [6.07, 6.45) is 4.20. The van der Waals surface area contributed by atoms with E-state index in [1.165, 1.54) is 6.20 Å². The number of piperazine rings is 1. The van der Waals surface area contributed by atoms with E-state index in [0.717, 1.165) is 42.3 Å². The summed E-state index contributed by atoms with van der Waals surface area (Å²) >= 11 is 0. The van der Waals surface area contributed by atoms with Gasteiger partial charge in [0.15, 0.2) is 0 Å². The van der Waals surface area contributed by atoms with Crippen molar-refractivity contribution >= 4 is 30.1 Å². The van der Waals surface area contributed by atoms with E-state index in [1.54, 1.807) is 12.1 Å². The molecule has 1 saturated heterocycles. The Bertz CT molecular complexity index is 1200. The molecule has 10 heteroatoms. The second kappa shape index (κ2) is 10.7. The number of nitrogens with zero attached hydrogens (tertiary/aromatic N) is 6. The Labute approximate surface area is 216 Å². The highest BCUT2D eigenvalue weighted by atomic mass is 35.5. The summed E-state index contributed by atoms with van der Waals surface area (Å²) in [7, 11) is 0. The molecule has 0 saturated carbocycles. The number of aromatic nitrogens is 3.